The molecule has 1 unspecified atom stereocenters. The van der Waals surface area contributed by atoms with E-state index in [0.29, 0.717) is 24.8 Å². The topological polar surface area (TPSA) is 81.2 Å². The van der Waals surface area contributed by atoms with Crippen molar-refractivity contribution in [2.45, 2.75) is 40.0 Å². The molecule has 3 N–H and O–H groups in total. The van der Waals surface area contributed by atoms with Crippen LogP contribution in [0.5, 0.6) is 0 Å². The number of hydrogen-bond acceptors (Lipinski definition) is 4. The Morgan fingerprint density at radius 3 is 2.72 bits per heavy atom. The molecule has 5 heteroatoms. The zero-order chi connectivity index (χ0) is 13.5. The van der Waals surface area contributed by atoms with E-state index in [1.165, 1.54) is 6.26 Å². The van der Waals surface area contributed by atoms with Gasteiger partial charge in [-0.05, 0) is 38.1 Å². The lowest BCUT2D eigenvalue weighted by Crippen LogP contribution is -2.18. The first-order valence-electron chi connectivity index (χ1n) is 6.45. The summed E-state index contributed by atoms with van der Waals surface area (Å²) in [4.78, 5) is 15.7. The molecule has 1 heterocycles. The van der Waals surface area contributed by atoms with E-state index >= 15 is 0 Å². The van der Waals surface area contributed by atoms with Crippen molar-refractivity contribution in [3.63, 3.8) is 0 Å². The van der Waals surface area contributed by atoms with Gasteiger partial charge in [-0.25, -0.2) is 0 Å². The molecule has 0 aromatic carbocycles. The first kappa shape index (κ1) is 14.7. The molecule has 102 valence electrons. The molecular formula is C13H23N3O2. The Kier molecular flexibility index (Phi) is 5.85. The Morgan fingerprint density at radius 2 is 2.22 bits per heavy atom. The predicted octanol–water partition coefficient (Wildman–Crippen LogP) is 2.32. The second-order valence-electron chi connectivity index (χ2n) is 4.96. The van der Waals surface area contributed by atoms with Crippen LogP contribution in [0.1, 0.15) is 38.8 Å². The lowest BCUT2D eigenvalue weighted by atomic mass is 9.88. The summed E-state index contributed by atoms with van der Waals surface area (Å²) in [5, 5.41) is 2.65. The molecule has 1 atom stereocenters. The number of rotatable bonds is 7. The van der Waals surface area contributed by atoms with Crippen molar-refractivity contribution in [2.75, 3.05) is 11.9 Å². The maximum Gasteiger partial charge on any atom is 0.301 e. The van der Waals surface area contributed by atoms with Crippen LogP contribution in [0.4, 0.5) is 6.01 Å². The third kappa shape index (κ3) is 4.87. The van der Waals surface area contributed by atoms with Crippen molar-refractivity contribution in [2.24, 2.45) is 17.6 Å². The minimum absolute atomic E-state index is 0.0560. The maximum atomic E-state index is 11.7. The second-order valence-corrected chi connectivity index (χ2v) is 4.96. The summed E-state index contributed by atoms with van der Waals surface area (Å²) in [6.45, 7) is 6.81. The number of amides is 1. The molecule has 0 fully saturated rings. The number of carbonyl (C=O) groups is 1. The highest BCUT2D eigenvalue weighted by Crippen LogP contribution is 2.20. The van der Waals surface area contributed by atoms with Crippen LogP contribution in [0.25, 0.3) is 0 Å². The number of nitrogens with zero attached hydrogens (tertiary/aromatic N) is 1. The fourth-order valence-corrected chi connectivity index (χ4v) is 1.93. The smallest absolute Gasteiger partial charge is 0.301 e. The van der Waals surface area contributed by atoms with E-state index in [-0.39, 0.29) is 11.9 Å². The van der Waals surface area contributed by atoms with E-state index in [1.54, 1.807) is 0 Å². The summed E-state index contributed by atoms with van der Waals surface area (Å²) in [5.74, 6) is 0.983. The molecule has 1 aromatic rings. The summed E-state index contributed by atoms with van der Waals surface area (Å²) in [5.41, 5.74) is 6.33. The lowest BCUT2D eigenvalue weighted by Gasteiger charge is -2.19. The number of nitrogens with one attached hydrogen (secondary N) is 1. The minimum Gasteiger partial charge on any atom is -0.432 e. The largest absolute Gasteiger partial charge is 0.432 e. The summed E-state index contributed by atoms with van der Waals surface area (Å²) in [6.07, 6.45) is 3.80. The van der Waals surface area contributed by atoms with Crippen LogP contribution in [0.3, 0.4) is 0 Å². The third-order valence-electron chi connectivity index (χ3n) is 3.09. The summed E-state index contributed by atoms with van der Waals surface area (Å²) >= 11 is 0. The minimum atomic E-state index is -0.0560. The van der Waals surface area contributed by atoms with E-state index in [0.717, 1.165) is 18.5 Å². The van der Waals surface area contributed by atoms with Gasteiger partial charge in [-0.15, -0.1) is 0 Å². The van der Waals surface area contributed by atoms with Gasteiger partial charge < -0.3 is 10.2 Å². The molecule has 5 nitrogen and oxygen atoms in total. The highest BCUT2D eigenvalue weighted by Gasteiger charge is 2.15. The number of aryl methyl sites for hydroxylation is 1. The van der Waals surface area contributed by atoms with Gasteiger partial charge >= 0.3 is 6.01 Å². The Bertz CT molecular complexity index is 374. The molecule has 1 amide bonds. The monoisotopic (exact) mass is 253 g/mol. The first-order valence-corrected chi connectivity index (χ1v) is 6.45. The molecule has 0 aliphatic heterocycles. The van der Waals surface area contributed by atoms with Crippen LogP contribution in [-0.2, 0) is 4.79 Å². The van der Waals surface area contributed by atoms with Crippen LogP contribution in [-0.4, -0.2) is 17.4 Å². The predicted molar refractivity (Wildman–Crippen MR) is 71.1 cm³/mol. The molecule has 0 saturated heterocycles. The molecule has 0 radical (unpaired) electrons. The average molecular weight is 253 g/mol. The number of nitrogens with two attached hydrogens (primary N) is 1. The first-order chi connectivity index (χ1) is 8.52. The van der Waals surface area contributed by atoms with Crippen molar-refractivity contribution in [3.8, 4) is 0 Å². The Hall–Kier alpha value is -1.36. The average Bonchev–Trinajstić information content (AvgIpc) is 2.69. The van der Waals surface area contributed by atoms with Crippen molar-refractivity contribution in [1.29, 1.82) is 0 Å². The molecule has 0 spiro atoms. The zero-order valence-electron chi connectivity index (χ0n) is 11.4. The van der Waals surface area contributed by atoms with E-state index in [2.05, 4.69) is 24.1 Å². The van der Waals surface area contributed by atoms with E-state index < -0.39 is 0 Å². The highest BCUT2D eigenvalue weighted by atomic mass is 16.4. The lowest BCUT2D eigenvalue weighted by molar-refractivity contribution is -0.116. The van der Waals surface area contributed by atoms with E-state index in [1.807, 2.05) is 6.92 Å². The van der Waals surface area contributed by atoms with Gasteiger partial charge in [-0.1, -0.05) is 13.8 Å². The number of oxazole rings is 1. The van der Waals surface area contributed by atoms with Crippen molar-refractivity contribution < 1.29 is 9.21 Å². The molecule has 0 bridgehead atoms. The maximum absolute atomic E-state index is 11.7. The fraction of sp³-hybridized carbons (Fsp3) is 0.692. The molecule has 0 aliphatic carbocycles. The van der Waals surface area contributed by atoms with Gasteiger partial charge in [0.25, 0.3) is 0 Å². The van der Waals surface area contributed by atoms with Crippen LogP contribution < -0.4 is 11.1 Å². The van der Waals surface area contributed by atoms with Crippen molar-refractivity contribution in [3.05, 3.63) is 12.0 Å². The van der Waals surface area contributed by atoms with Crippen molar-refractivity contribution in [1.82, 2.24) is 4.98 Å². The summed E-state index contributed by atoms with van der Waals surface area (Å²) in [6, 6.07) is 0.275. The fourth-order valence-electron chi connectivity index (χ4n) is 1.93. The molecular weight excluding hydrogens is 230 g/mol. The number of carbonyl (C=O) groups excluding carboxylic acids is 1. The van der Waals surface area contributed by atoms with Gasteiger partial charge in [0, 0.05) is 6.42 Å². The molecule has 1 rings (SSSR count). The van der Waals surface area contributed by atoms with Crippen LogP contribution in [0.15, 0.2) is 10.7 Å². The number of hydrogen-bond donors (Lipinski definition) is 2. The highest BCUT2D eigenvalue weighted by molar-refractivity contribution is 5.88. The van der Waals surface area contributed by atoms with Gasteiger partial charge in [0.2, 0.25) is 5.91 Å². The van der Waals surface area contributed by atoms with Crippen LogP contribution in [0, 0.1) is 18.8 Å². The standard InChI is InChI=1S/C13H23N3O2/c1-9(2)11(6-7-14)4-5-12(17)16-13-15-10(3)8-18-13/h8-9,11H,4-7,14H2,1-3H3,(H,15,16,17). The number of anilines is 1. The molecule has 0 saturated carbocycles. The van der Waals surface area contributed by atoms with Gasteiger partial charge in [-0.2, -0.15) is 4.98 Å². The van der Waals surface area contributed by atoms with Gasteiger partial charge in [0.1, 0.15) is 6.26 Å². The Labute approximate surface area is 108 Å². The normalized spacial score (nSPS) is 12.7. The number of aromatic nitrogens is 1. The summed E-state index contributed by atoms with van der Waals surface area (Å²) in [7, 11) is 0. The van der Waals surface area contributed by atoms with Gasteiger partial charge in [0.05, 0.1) is 5.69 Å². The zero-order valence-corrected chi connectivity index (χ0v) is 11.4. The van der Waals surface area contributed by atoms with E-state index in [4.69, 9.17) is 10.2 Å². The van der Waals surface area contributed by atoms with Crippen LogP contribution >= 0.6 is 0 Å². The quantitative estimate of drug-likeness (QED) is 0.781. The van der Waals surface area contributed by atoms with Crippen molar-refractivity contribution >= 4 is 11.9 Å². The van der Waals surface area contributed by atoms with E-state index in [9.17, 15) is 4.79 Å². The van der Waals surface area contributed by atoms with Gasteiger partial charge in [0.15, 0.2) is 0 Å². The van der Waals surface area contributed by atoms with Crippen LogP contribution in [0.2, 0.25) is 0 Å². The Morgan fingerprint density at radius 1 is 1.50 bits per heavy atom. The molecule has 1 aromatic heterocycles. The second kappa shape index (κ2) is 7.16. The third-order valence-corrected chi connectivity index (χ3v) is 3.09. The SMILES string of the molecule is Cc1coc(NC(=O)CCC(CCN)C(C)C)n1. The summed E-state index contributed by atoms with van der Waals surface area (Å²) < 4.78 is 5.07. The molecule has 18 heavy (non-hydrogen) atoms. The Balaban J connectivity index is 2.35. The van der Waals surface area contributed by atoms with Gasteiger partial charge in [-0.3, -0.25) is 10.1 Å². The molecule has 0 aliphatic rings.